The van der Waals surface area contributed by atoms with Crippen molar-refractivity contribution in [3.05, 3.63) is 34.6 Å². The molecule has 2 rings (SSSR count). The van der Waals surface area contributed by atoms with Gasteiger partial charge in [-0.05, 0) is 26.0 Å². The van der Waals surface area contributed by atoms with E-state index in [1.54, 1.807) is 17.0 Å². The largest absolute Gasteiger partial charge is 0.339 e. The highest BCUT2D eigenvalue weighted by Gasteiger charge is 2.25. The molecular formula is C14H19Cl2FN2O. The summed E-state index contributed by atoms with van der Waals surface area (Å²) in [5, 5.41) is 3.67. The fourth-order valence-corrected chi connectivity index (χ4v) is 2.72. The van der Waals surface area contributed by atoms with Crippen LogP contribution in [0.3, 0.4) is 0 Å². The van der Waals surface area contributed by atoms with Crippen molar-refractivity contribution >= 4 is 29.9 Å². The van der Waals surface area contributed by atoms with Gasteiger partial charge in [-0.3, -0.25) is 4.79 Å². The predicted octanol–water partition coefficient (Wildman–Crippen LogP) is 2.65. The Morgan fingerprint density at radius 2 is 2.00 bits per heavy atom. The first-order chi connectivity index (χ1) is 8.97. The molecule has 1 aliphatic rings. The van der Waals surface area contributed by atoms with Crippen LogP contribution in [0.4, 0.5) is 4.39 Å². The van der Waals surface area contributed by atoms with E-state index in [0.717, 1.165) is 0 Å². The Bertz CT molecular complexity index is 454. The number of benzene rings is 1. The molecule has 3 nitrogen and oxygen atoms in total. The fraction of sp³-hybridized carbons (Fsp3) is 0.500. The Morgan fingerprint density at radius 1 is 1.40 bits per heavy atom. The molecule has 20 heavy (non-hydrogen) atoms. The molecule has 0 spiro atoms. The maximum atomic E-state index is 13.7. The van der Waals surface area contributed by atoms with Crippen LogP contribution in [0.5, 0.6) is 0 Å². The van der Waals surface area contributed by atoms with Gasteiger partial charge in [-0.25, -0.2) is 4.39 Å². The van der Waals surface area contributed by atoms with E-state index >= 15 is 0 Å². The highest BCUT2D eigenvalue weighted by atomic mass is 35.5. The standard InChI is InChI=1S/C14H18ClFN2O.ClH/c1-9-7-18(8-10(2)17-9)14(19)6-11-12(15)4-3-5-13(11)16;/h3-5,9-10,17H,6-8H2,1-2H3;1H. The second-order valence-corrected chi connectivity index (χ2v) is 5.55. The van der Waals surface area contributed by atoms with Crippen molar-refractivity contribution in [2.75, 3.05) is 13.1 Å². The lowest BCUT2D eigenvalue weighted by atomic mass is 10.1. The number of hydrogen-bond acceptors (Lipinski definition) is 2. The van der Waals surface area contributed by atoms with Gasteiger partial charge in [0.05, 0.1) is 6.42 Å². The average Bonchev–Trinajstić information content (AvgIpc) is 2.32. The van der Waals surface area contributed by atoms with Gasteiger partial charge >= 0.3 is 0 Å². The van der Waals surface area contributed by atoms with E-state index in [-0.39, 0.29) is 42.4 Å². The first-order valence-electron chi connectivity index (χ1n) is 6.44. The number of nitrogens with one attached hydrogen (secondary N) is 1. The minimum Gasteiger partial charge on any atom is -0.339 e. The van der Waals surface area contributed by atoms with Gasteiger partial charge in [0.15, 0.2) is 0 Å². The van der Waals surface area contributed by atoms with Crippen molar-refractivity contribution in [2.24, 2.45) is 0 Å². The molecule has 112 valence electrons. The predicted molar refractivity (Wildman–Crippen MR) is 81.0 cm³/mol. The van der Waals surface area contributed by atoms with E-state index in [1.165, 1.54) is 6.07 Å². The zero-order chi connectivity index (χ0) is 14.0. The highest BCUT2D eigenvalue weighted by Crippen LogP contribution is 2.20. The van der Waals surface area contributed by atoms with Crippen molar-refractivity contribution in [1.82, 2.24) is 10.2 Å². The second kappa shape index (κ2) is 7.25. The van der Waals surface area contributed by atoms with Gasteiger partial charge < -0.3 is 10.2 Å². The molecule has 6 heteroatoms. The monoisotopic (exact) mass is 320 g/mol. The molecule has 1 aromatic rings. The third-order valence-corrected chi connectivity index (χ3v) is 3.65. The summed E-state index contributed by atoms with van der Waals surface area (Å²) in [5.41, 5.74) is 0.285. The van der Waals surface area contributed by atoms with E-state index in [0.29, 0.717) is 18.1 Å². The van der Waals surface area contributed by atoms with Crippen molar-refractivity contribution in [3.63, 3.8) is 0 Å². The van der Waals surface area contributed by atoms with Crippen LogP contribution in [-0.2, 0) is 11.2 Å². The molecule has 1 heterocycles. The Balaban J connectivity index is 0.00000200. The molecule has 1 saturated heterocycles. The molecule has 1 fully saturated rings. The van der Waals surface area contributed by atoms with Gasteiger partial charge in [-0.1, -0.05) is 17.7 Å². The SMILES string of the molecule is CC1CN(C(=O)Cc2c(F)cccc2Cl)CC(C)N1.Cl. The third-order valence-electron chi connectivity index (χ3n) is 3.30. The minimum absolute atomic E-state index is 0. The van der Waals surface area contributed by atoms with Crippen LogP contribution in [0.15, 0.2) is 18.2 Å². The van der Waals surface area contributed by atoms with Gasteiger partial charge in [0.2, 0.25) is 5.91 Å². The quantitative estimate of drug-likeness (QED) is 0.908. The Kier molecular flexibility index (Phi) is 6.24. The van der Waals surface area contributed by atoms with Gasteiger partial charge in [0.1, 0.15) is 5.82 Å². The summed E-state index contributed by atoms with van der Waals surface area (Å²) in [6, 6.07) is 4.99. The second-order valence-electron chi connectivity index (χ2n) is 5.14. The lowest BCUT2D eigenvalue weighted by molar-refractivity contribution is -0.132. The summed E-state index contributed by atoms with van der Waals surface area (Å²) in [6.07, 6.45) is 0.0188. The normalized spacial score (nSPS) is 22.3. The highest BCUT2D eigenvalue weighted by molar-refractivity contribution is 6.31. The number of hydrogen-bond donors (Lipinski definition) is 1. The lowest BCUT2D eigenvalue weighted by Gasteiger charge is -2.36. The smallest absolute Gasteiger partial charge is 0.227 e. The van der Waals surface area contributed by atoms with E-state index in [4.69, 9.17) is 11.6 Å². The van der Waals surface area contributed by atoms with Crippen molar-refractivity contribution in [2.45, 2.75) is 32.4 Å². The van der Waals surface area contributed by atoms with Gasteiger partial charge in [-0.2, -0.15) is 0 Å². The molecule has 2 unspecified atom stereocenters. The number of carbonyl (C=O) groups excluding carboxylic acids is 1. The number of halogens is 3. The van der Waals surface area contributed by atoms with E-state index in [9.17, 15) is 9.18 Å². The molecular weight excluding hydrogens is 302 g/mol. The van der Waals surface area contributed by atoms with Crippen molar-refractivity contribution in [3.8, 4) is 0 Å². The molecule has 0 saturated carbocycles. The Labute approximate surface area is 129 Å². The number of amides is 1. The zero-order valence-electron chi connectivity index (χ0n) is 11.5. The summed E-state index contributed by atoms with van der Waals surface area (Å²) in [4.78, 5) is 14.0. The number of piperazine rings is 1. The van der Waals surface area contributed by atoms with Crippen LogP contribution >= 0.6 is 24.0 Å². The van der Waals surface area contributed by atoms with Crippen molar-refractivity contribution in [1.29, 1.82) is 0 Å². The zero-order valence-corrected chi connectivity index (χ0v) is 13.1. The molecule has 1 aromatic carbocycles. The summed E-state index contributed by atoms with van der Waals surface area (Å²) >= 11 is 5.95. The average molecular weight is 321 g/mol. The lowest BCUT2D eigenvalue weighted by Crippen LogP contribution is -2.56. The summed E-state index contributed by atoms with van der Waals surface area (Å²) in [6.45, 7) is 5.36. The minimum atomic E-state index is -0.419. The summed E-state index contributed by atoms with van der Waals surface area (Å²) in [7, 11) is 0. The molecule has 0 aliphatic carbocycles. The third kappa shape index (κ3) is 4.08. The summed E-state index contributed by atoms with van der Waals surface area (Å²) < 4.78 is 13.7. The number of rotatable bonds is 2. The molecule has 1 N–H and O–H groups in total. The maximum Gasteiger partial charge on any atom is 0.227 e. The van der Waals surface area contributed by atoms with Crippen LogP contribution in [0.1, 0.15) is 19.4 Å². The van der Waals surface area contributed by atoms with Gasteiger partial charge in [-0.15, -0.1) is 12.4 Å². The molecule has 1 amide bonds. The van der Waals surface area contributed by atoms with Crippen LogP contribution < -0.4 is 5.32 Å². The number of nitrogens with zero attached hydrogens (tertiary/aromatic N) is 1. The molecule has 0 radical (unpaired) electrons. The number of carbonyl (C=O) groups is 1. The molecule has 1 aliphatic heterocycles. The van der Waals surface area contributed by atoms with Gasteiger partial charge in [0.25, 0.3) is 0 Å². The van der Waals surface area contributed by atoms with Crippen LogP contribution in [0, 0.1) is 5.82 Å². The molecule has 0 aromatic heterocycles. The van der Waals surface area contributed by atoms with Gasteiger partial charge in [0, 0.05) is 35.8 Å². The maximum absolute atomic E-state index is 13.7. The van der Waals surface area contributed by atoms with Crippen LogP contribution in [0.2, 0.25) is 5.02 Å². The summed E-state index contributed by atoms with van der Waals surface area (Å²) in [5.74, 6) is -0.496. The Hall–Kier alpha value is -0.840. The fourth-order valence-electron chi connectivity index (χ4n) is 2.49. The molecule has 0 bridgehead atoms. The van der Waals surface area contributed by atoms with Crippen molar-refractivity contribution < 1.29 is 9.18 Å². The molecule has 2 atom stereocenters. The first kappa shape index (κ1) is 17.2. The Morgan fingerprint density at radius 3 is 2.55 bits per heavy atom. The van der Waals surface area contributed by atoms with Crippen LogP contribution in [-0.4, -0.2) is 36.0 Å². The van der Waals surface area contributed by atoms with E-state index in [1.807, 2.05) is 13.8 Å². The first-order valence-corrected chi connectivity index (χ1v) is 6.82. The van der Waals surface area contributed by atoms with E-state index in [2.05, 4.69) is 5.32 Å². The van der Waals surface area contributed by atoms with E-state index < -0.39 is 5.82 Å². The van der Waals surface area contributed by atoms with Crippen LogP contribution in [0.25, 0.3) is 0 Å². The topological polar surface area (TPSA) is 32.3 Å².